The molecule has 198 valence electrons. The first-order chi connectivity index (χ1) is 17.2. The highest BCUT2D eigenvalue weighted by Crippen LogP contribution is 2.24. The van der Waals surface area contributed by atoms with Crippen LogP contribution >= 0.6 is 0 Å². The molecule has 0 spiro atoms. The van der Waals surface area contributed by atoms with Crippen molar-refractivity contribution < 1.29 is 19.1 Å². The number of rotatable bonds is 15. The molecule has 0 saturated heterocycles. The highest BCUT2D eigenvalue weighted by atomic mass is 16.5. The van der Waals surface area contributed by atoms with Gasteiger partial charge in [-0.2, -0.15) is 0 Å². The minimum atomic E-state index is -0.520. The minimum absolute atomic E-state index is 0.0795. The summed E-state index contributed by atoms with van der Waals surface area (Å²) in [6.45, 7) is 12.9. The van der Waals surface area contributed by atoms with E-state index in [2.05, 4.69) is 10.6 Å². The predicted molar refractivity (Wildman–Crippen MR) is 146 cm³/mol. The molecule has 0 radical (unpaired) electrons. The molecular formula is C30H44N2O4. The number of carbonyl (C=O) groups excluding carboxylic acids is 2. The summed E-state index contributed by atoms with van der Waals surface area (Å²) >= 11 is 0. The first kappa shape index (κ1) is 29.2. The van der Waals surface area contributed by atoms with Gasteiger partial charge in [0.15, 0.2) is 12.2 Å². The normalized spacial score (nSPS) is 12.5. The van der Waals surface area contributed by atoms with Crippen LogP contribution in [0, 0.1) is 27.7 Å². The van der Waals surface area contributed by atoms with Crippen molar-refractivity contribution in [3.63, 3.8) is 0 Å². The molecule has 0 fully saturated rings. The summed E-state index contributed by atoms with van der Waals surface area (Å²) in [5.74, 6) is 1.42. The Hall–Kier alpha value is -3.02. The molecule has 2 rings (SSSR count). The van der Waals surface area contributed by atoms with Gasteiger partial charge in [-0.1, -0.05) is 62.1 Å². The Morgan fingerprint density at radius 3 is 1.25 bits per heavy atom. The highest BCUT2D eigenvalue weighted by Gasteiger charge is 2.17. The van der Waals surface area contributed by atoms with Crippen LogP contribution in [0.5, 0.6) is 11.5 Å². The standard InChI is InChI=1S/C30H44N2O4/c1-21-15-13-16-22(2)27(21)35-25(5)29(33)31-19-11-9-7-8-10-12-20-32-30(34)26(6)36-28-23(3)17-14-18-24(28)4/h13-18,25-26H,7-12,19-20H2,1-6H3,(H,31,33)(H,32,34). The van der Waals surface area contributed by atoms with E-state index in [0.717, 1.165) is 72.3 Å². The summed E-state index contributed by atoms with van der Waals surface area (Å²) < 4.78 is 11.8. The summed E-state index contributed by atoms with van der Waals surface area (Å²) in [4.78, 5) is 24.7. The molecule has 2 unspecified atom stereocenters. The molecule has 0 aromatic heterocycles. The lowest BCUT2D eigenvalue weighted by Crippen LogP contribution is -2.37. The Kier molecular flexibility index (Phi) is 12.3. The molecule has 2 N–H and O–H groups in total. The smallest absolute Gasteiger partial charge is 0.260 e. The van der Waals surface area contributed by atoms with E-state index < -0.39 is 12.2 Å². The zero-order valence-electron chi connectivity index (χ0n) is 22.9. The van der Waals surface area contributed by atoms with Crippen LogP contribution < -0.4 is 20.1 Å². The SMILES string of the molecule is Cc1cccc(C)c1OC(C)C(=O)NCCCCCCCCNC(=O)C(C)Oc1c(C)cccc1C. The molecule has 6 nitrogen and oxygen atoms in total. The molecule has 2 aromatic carbocycles. The van der Waals surface area contributed by atoms with Gasteiger partial charge in [0.1, 0.15) is 11.5 Å². The number of unbranched alkanes of at least 4 members (excludes halogenated alkanes) is 5. The van der Waals surface area contributed by atoms with E-state index in [1.807, 2.05) is 64.1 Å². The predicted octanol–water partition coefficient (Wildman–Crippen LogP) is 5.73. The van der Waals surface area contributed by atoms with Crippen LogP contribution in [-0.4, -0.2) is 37.1 Å². The lowest BCUT2D eigenvalue weighted by molar-refractivity contribution is -0.127. The van der Waals surface area contributed by atoms with Crippen molar-refractivity contribution in [2.75, 3.05) is 13.1 Å². The number of hydrogen-bond donors (Lipinski definition) is 2. The first-order valence-corrected chi connectivity index (χ1v) is 13.2. The van der Waals surface area contributed by atoms with Crippen molar-refractivity contribution in [2.45, 2.75) is 92.3 Å². The van der Waals surface area contributed by atoms with Crippen molar-refractivity contribution in [2.24, 2.45) is 0 Å². The molecular weight excluding hydrogens is 452 g/mol. The van der Waals surface area contributed by atoms with Gasteiger partial charge < -0.3 is 20.1 Å². The molecule has 0 aliphatic carbocycles. The second-order valence-electron chi connectivity index (χ2n) is 9.67. The molecule has 2 aromatic rings. The summed E-state index contributed by atoms with van der Waals surface area (Å²) in [5, 5.41) is 5.95. The van der Waals surface area contributed by atoms with E-state index in [9.17, 15) is 9.59 Å². The fourth-order valence-corrected chi connectivity index (χ4v) is 4.10. The largest absolute Gasteiger partial charge is 0.480 e. The fraction of sp³-hybridized carbons (Fsp3) is 0.533. The van der Waals surface area contributed by atoms with Gasteiger partial charge in [0, 0.05) is 13.1 Å². The number of carbonyl (C=O) groups is 2. The van der Waals surface area contributed by atoms with Gasteiger partial charge in [0.25, 0.3) is 11.8 Å². The van der Waals surface area contributed by atoms with Crippen molar-refractivity contribution in [1.29, 1.82) is 0 Å². The lowest BCUT2D eigenvalue weighted by Gasteiger charge is -2.18. The summed E-state index contributed by atoms with van der Waals surface area (Å²) in [6, 6.07) is 11.9. The number of aryl methyl sites for hydroxylation is 4. The van der Waals surface area contributed by atoms with Gasteiger partial charge >= 0.3 is 0 Å². The van der Waals surface area contributed by atoms with Crippen molar-refractivity contribution in [3.8, 4) is 11.5 Å². The van der Waals surface area contributed by atoms with Crippen molar-refractivity contribution in [1.82, 2.24) is 10.6 Å². The topological polar surface area (TPSA) is 76.7 Å². The Morgan fingerprint density at radius 1 is 0.611 bits per heavy atom. The molecule has 0 heterocycles. The van der Waals surface area contributed by atoms with Crippen LogP contribution in [0.25, 0.3) is 0 Å². The molecule has 0 aliphatic rings. The van der Waals surface area contributed by atoms with E-state index in [0.29, 0.717) is 13.1 Å². The summed E-state index contributed by atoms with van der Waals surface area (Å²) in [6.07, 6.45) is 5.23. The third kappa shape index (κ3) is 9.56. The Labute approximate surface area is 217 Å². The third-order valence-corrected chi connectivity index (χ3v) is 6.35. The van der Waals surface area contributed by atoms with Gasteiger partial charge in [-0.25, -0.2) is 0 Å². The molecule has 0 saturated carbocycles. The number of benzene rings is 2. The van der Waals surface area contributed by atoms with Gasteiger partial charge in [0.05, 0.1) is 0 Å². The van der Waals surface area contributed by atoms with E-state index >= 15 is 0 Å². The fourth-order valence-electron chi connectivity index (χ4n) is 4.10. The lowest BCUT2D eigenvalue weighted by atomic mass is 10.1. The summed E-state index contributed by atoms with van der Waals surface area (Å²) in [7, 11) is 0. The van der Waals surface area contributed by atoms with Gasteiger partial charge in [0.2, 0.25) is 0 Å². The number of amides is 2. The van der Waals surface area contributed by atoms with Crippen LogP contribution in [0.4, 0.5) is 0 Å². The molecule has 36 heavy (non-hydrogen) atoms. The quantitative estimate of drug-likeness (QED) is 0.309. The van der Waals surface area contributed by atoms with E-state index in [1.165, 1.54) is 0 Å². The first-order valence-electron chi connectivity index (χ1n) is 13.2. The Bertz CT molecular complexity index is 869. The molecule has 6 heteroatoms. The van der Waals surface area contributed by atoms with Crippen LogP contribution in [0.15, 0.2) is 36.4 Å². The second-order valence-corrected chi connectivity index (χ2v) is 9.67. The van der Waals surface area contributed by atoms with Gasteiger partial charge in [-0.05, 0) is 76.6 Å². The van der Waals surface area contributed by atoms with Gasteiger partial charge in [-0.3, -0.25) is 9.59 Å². The monoisotopic (exact) mass is 496 g/mol. The third-order valence-electron chi connectivity index (χ3n) is 6.35. The average molecular weight is 497 g/mol. The number of ether oxygens (including phenoxy) is 2. The second kappa shape index (κ2) is 15.2. The molecule has 0 bridgehead atoms. The van der Waals surface area contributed by atoms with Crippen LogP contribution in [-0.2, 0) is 9.59 Å². The Balaban J connectivity index is 1.50. The maximum Gasteiger partial charge on any atom is 0.260 e. The maximum atomic E-state index is 12.3. The number of hydrogen-bond acceptors (Lipinski definition) is 4. The van der Waals surface area contributed by atoms with Crippen LogP contribution in [0.1, 0.15) is 74.6 Å². The van der Waals surface area contributed by atoms with E-state index in [-0.39, 0.29) is 11.8 Å². The zero-order valence-corrected chi connectivity index (χ0v) is 22.9. The van der Waals surface area contributed by atoms with Crippen molar-refractivity contribution in [3.05, 3.63) is 58.7 Å². The summed E-state index contributed by atoms with van der Waals surface area (Å²) in [5.41, 5.74) is 4.15. The zero-order chi connectivity index (χ0) is 26.5. The maximum absolute atomic E-state index is 12.3. The minimum Gasteiger partial charge on any atom is -0.480 e. The molecule has 2 amide bonds. The molecule has 2 atom stereocenters. The number of para-hydroxylation sites is 2. The van der Waals surface area contributed by atoms with E-state index in [4.69, 9.17) is 9.47 Å². The highest BCUT2D eigenvalue weighted by molar-refractivity contribution is 5.81. The average Bonchev–Trinajstić information content (AvgIpc) is 2.84. The molecule has 0 aliphatic heterocycles. The van der Waals surface area contributed by atoms with Gasteiger partial charge in [-0.15, -0.1) is 0 Å². The Morgan fingerprint density at radius 2 is 0.917 bits per heavy atom. The van der Waals surface area contributed by atoms with Crippen LogP contribution in [0.2, 0.25) is 0 Å². The van der Waals surface area contributed by atoms with Crippen molar-refractivity contribution >= 4 is 11.8 Å². The van der Waals surface area contributed by atoms with Crippen LogP contribution in [0.3, 0.4) is 0 Å². The van der Waals surface area contributed by atoms with E-state index in [1.54, 1.807) is 13.8 Å². The number of nitrogens with one attached hydrogen (secondary N) is 2.